The number of hydrogen-bond donors (Lipinski definition) is 3. The molecule has 0 spiro atoms. The zero-order valence-corrected chi connectivity index (χ0v) is 14.3. The minimum Gasteiger partial charge on any atom is -0.459 e. The average molecular weight is 359 g/mol. The van der Waals surface area contributed by atoms with Gasteiger partial charge in [-0.2, -0.15) is 0 Å². The van der Waals surface area contributed by atoms with Gasteiger partial charge in [0, 0.05) is 11.6 Å². The zero-order chi connectivity index (χ0) is 18.4. The molecule has 0 aliphatic heterocycles. The first-order chi connectivity index (χ1) is 12.6. The van der Waals surface area contributed by atoms with E-state index in [1.54, 1.807) is 24.3 Å². The number of halogens is 1. The lowest BCUT2D eigenvalue weighted by molar-refractivity contribution is -0.121. The molecule has 2 amide bonds. The lowest BCUT2D eigenvalue weighted by atomic mass is 9.91. The highest BCUT2D eigenvalue weighted by molar-refractivity contribution is 5.93. The molecular formula is C19H22FN3O3. The molecule has 1 saturated carbocycles. The van der Waals surface area contributed by atoms with Gasteiger partial charge in [0.15, 0.2) is 5.76 Å². The Labute approximate surface area is 151 Å². The summed E-state index contributed by atoms with van der Waals surface area (Å²) in [7, 11) is 0. The maximum Gasteiger partial charge on any atom is 0.305 e. The van der Waals surface area contributed by atoms with Crippen molar-refractivity contribution >= 4 is 11.8 Å². The molecule has 6 nitrogen and oxygen atoms in total. The number of amides is 2. The van der Waals surface area contributed by atoms with E-state index in [1.165, 1.54) is 18.4 Å². The number of carbonyl (C=O) groups excluding carboxylic acids is 2. The highest BCUT2D eigenvalue weighted by Gasteiger charge is 2.28. The van der Waals surface area contributed by atoms with Gasteiger partial charge in [-0.1, -0.05) is 31.0 Å². The summed E-state index contributed by atoms with van der Waals surface area (Å²) in [5.41, 5.74) is 5.19. The predicted octanol–water partition coefficient (Wildman–Crippen LogP) is 2.70. The predicted molar refractivity (Wildman–Crippen MR) is 93.4 cm³/mol. The van der Waals surface area contributed by atoms with Crippen LogP contribution >= 0.6 is 0 Å². The molecule has 138 valence electrons. The summed E-state index contributed by atoms with van der Waals surface area (Å²) in [4.78, 5) is 23.8. The highest BCUT2D eigenvalue weighted by Crippen LogP contribution is 2.36. The van der Waals surface area contributed by atoms with Crippen LogP contribution in [-0.2, 0) is 4.79 Å². The smallest absolute Gasteiger partial charge is 0.305 e. The molecule has 1 atom stereocenters. The maximum absolute atomic E-state index is 14.2. The van der Waals surface area contributed by atoms with Crippen LogP contribution in [-0.4, -0.2) is 18.4 Å². The molecule has 1 aliphatic rings. The number of hydrogen-bond acceptors (Lipinski definition) is 4. The van der Waals surface area contributed by atoms with Gasteiger partial charge >= 0.3 is 5.91 Å². The van der Waals surface area contributed by atoms with Crippen LogP contribution in [0.1, 0.15) is 47.8 Å². The van der Waals surface area contributed by atoms with E-state index in [9.17, 15) is 14.0 Å². The summed E-state index contributed by atoms with van der Waals surface area (Å²) < 4.78 is 19.2. The number of furan rings is 1. The molecule has 3 N–H and O–H groups in total. The summed E-state index contributed by atoms with van der Waals surface area (Å²) >= 11 is 0. The average Bonchev–Trinajstić information content (AvgIpc) is 3.35. The van der Waals surface area contributed by atoms with Crippen molar-refractivity contribution in [2.75, 3.05) is 6.54 Å². The SMILES string of the molecule is O=C(CNC(c1ccccc1F)C1CCCC1)NNC(=O)c1ccco1. The van der Waals surface area contributed by atoms with Crippen LogP contribution in [0.15, 0.2) is 47.1 Å². The van der Waals surface area contributed by atoms with E-state index in [1.807, 2.05) is 0 Å². The first kappa shape index (κ1) is 18.1. The second kappa shape index (κ2) is 8.62. The molecule has 2 aromatic rings. The van der Waals surface area contributed by atoms with Crippen molar-refractivity contribution in [3.63, 3.8) is 0 Å². The Hall–Kier alpha value is -2.67. The molecule has 3 rings (SSSR count). The normalized spacial score (nSPS) is 15.6. The standard InChI is InChI=1S/C19H22FN3O3/c20-15-9-4-3-8-14(15)18(13-6-1-2-7-13)21-12-17(24)22-23-19(25)16-10-5-11-26-16/h3-5,8-11,13,18,21H,1-2,6-7,12H2,(H,22,24)(H,23,25). The van der Waals surface area contributed by atoms with Crippen LogP contribution in [0.4, 0.5) is 4.39 Å². The Balaban J connectivity index is 1.56. The molecule has 7 heteroatoms. The molecule has 26 heavy (non-hydrogen) atoms. The molecule has 1 heterocycles. The summed E-state index contributed by atoms with van der Waals surface area (Å²) in [5, 5.41) is 3.15. The van der Waals surface area contributed by atoms with Gasteiger partial charge < -0.3 is 9.73 Å². The highest BCUT2D eigenvalue weighted by atomic mass is 19.1. The summed E-state index contributed by atoms with van der Waals surface area (Å²) in [6.07, 6.45) is 5.61. The quantitative estimate of drug-likeness (QED) is 0.693. The lowest BCUT2D eigenvalue weighted by Crippen LogP contribution is -2.46. The van der Waals surface area contributed by atoms with E-state index in [0.29, 0.717) is 5.56 Å². The molecular weight excluding hydrogens is 337 g/mol. The largest absolute Gasteiger partial charge is 0.459 e. The Bertz CT molecular complexity index is 742. The van der Waals surface area contributed by atoms with E-state index < -0.39 is 11.8 Å². The fourth-order valence-corrected chi connectivity index (χ4v) is 3.39. The third-order valence-electron chi connectivity index (χ3n) is 4.65. The van der Waals surface area contributed by atoms with E-state index in [-0.39, 0.29) is 30.1 Å². The van der Waals surface area contributed by atoms with E-state index in [2.05, 4.69) is 16.2 Å². The van der Waals surface area contributed by atoms with Crippen LogP contribution in [0.25, 0.3) is 0 Å². The van der Waals surface area contributed by atoms with Gasteiger partial charge in [0.05, 0.1) is 12.8 Å². The van der Waals surface area contributed by atoms with Crippen molar-refractivity contribution in [1.29, 1.82) is 0 Å². The Morgan fingerprint density at radius 3 is 2.58 bits per heavy atom. The van der Waals surface area contributed by atoms with Crippen molar-refractivity contribution in [2.24, 2.45) is 5.92 Å². The van der Waals surface area contributed by atoms with Gasteiger partial charge in [0.2, 0.25) is 0 Å². The fraction of sp³-hybridized carbons (Fsp3) is 0.368. The van der Waals surface area contributed by atoms with Crippen molar-refractivity contribution < 1.29 is 18.4 Å². The van der Waals surface area contributed by atoms with E-state index >= 15 is 0 Å². The van der Waals surface area contributed by atoms with Crippen LogP contribution < -0.4 is 16.2 Å². The molecule has 0 saturated heterocycles. The lowest BCUT2D eigenvalue weighted by Gasteiger charge is -2.25. The third kappa shape index (κ3) is 4.49. The van der Waals surface area contributed by atoms with Crippen LogP contribution in [0, 0.1) is 11.7 Å². The number of benzene rings is 1. The Morgan fingerprint density at radius 2 is 1.88 bits per heavy atom. The van der Waals surface area contributed by atoms with Crippen molar-refractivity contribution in [1.82, 2.24) is 16.2 Å². The van der Waals surface area contributed by atoms with Crippen molar-refractivity contribution in [3.05, 3.63) is 59.8 Å². The number of rotatable bonds is 6. The molecule has 1 unspecified atom stereocenters. The van der Waals surface area contributed by atoms with Crippen LogP contribution in [0.3, 0.4) is 0 Å². The molecule has 1 aromatic heterocycles. The van der Waals surface area contributed by atoms with Gasteiger partial charge in [-0.15, -0.1) is 0 Å². The van der Waals surface area contributed by atoms with Gasteiger partial charge in [0.1, 0.15) is 5.82 Å². The molecule has 1 aliphatic carbocycles. The van der Waals surface area contributed by atoms with Gasteiger partial charge in [-0.3, -0.25) is 20.4 Å². The number of carbonyl (C=O) groups is 2. The molecule has 1 fully saturated rings. The molecule has 1 aromatic carbocycles. The molecule has 0 radical (unpaired) electrons. The van der Waals surface area contributed by atoms with E-state index in [4.69, 9.17) is 4.42 Å². The van der Waals surface area contributed by atoms with Crippen LogP contribution in [0.2, 0.25) is 0 Å². The third-order valence-corrected chi connectivity index (χ3v) is 4.65. The van der Waals surface area contributed by atoms with Crippen LogP contribution in [0.5, 0.6) is 0 Å². The Morgan fingerprint density at radius 1 is 1.12 bits per heavy atom. The topological polar surface area (TPSA) is 83.4 Å². The number of hydrazine groups is 1. The van der Waals surface area contributed by atoms with Gasteiger partial charge in [-0.25, -0.2) is 4.39 Å². The minimum absolute atomic E-state index is 0.0338. The number of nitrogens with one attached hydrogen (secondary N) is 3. The van der Waals surface area contributed by atoms with Crippen molar-refractivity contribution in [2.45, 2.75) is 31.7 Å². The summed E-state index contributed by atoms with van der Waals surface area (Å²) in [6.45, 7) is -0.0338. The first-order valence-electron chi connectivity index (χ1n) is 8.75. The molecule has 0 bridgehead atoms. The zero-order valence-electron chi connectivity index (χ0n) is 14.3. The second-order valence-corrected chi connectivity index (χ2v) is 6.40. The monoisotopic (exact) mass is 359 g/mol. The second-order valence-electron chi connectivity index (χ2n) is 6.40. The maximum atomic E-state index is 14.2. The van der Waals surface area contributed by atoms with Crippen molar-refractivity contribution in [3.8, 4) is 0 Å². The summed E-state index contributed by atoms with van der Waals surface area (Å²) in [5.74, 6) is -0.830. The van der Waals surface area contributed by atoms with Gasteiger partial charge in [-0.05, 0) is 37.0 Å². The van der Waals surface area contributed by atoms with E-state index in [0.717, 1.165) is 25.7 Å². The van der Waals surface area contributed by atoms with Gasteiger partial charge in [0.25, 0.3) is 5.91 Å². The minimum atomic E-state index is -0.537. The fourth-order valence-electron chi connectivity index (χ4n) is 3.39. The summed E-state index contributed by atoms with van der Waals surface area (Å²) in [6, 6.07) is 9.48. The first-order valence-corrected chi connectivity index (χ1v) is 8.75. The Kier molecular flexibility index (Phi) is 6.01.